The van der Waals surface area contributed by atoms with E-state index in [9.17, 15) is 4.79 Å². The van der Waals surface area contributed by atoms with Crippen LogP contribution in [0.2, 0.25) is 0 Å². The van der Waals surface area contributed by atoms with Crippen molar-refractivity contribution in [3.8, 4) is 0 Å². The predicted octanol–water partition coefficient (Wildman–Crippen LogP) is 3.57. The van der Waals surface area contributed by atoms with Crippen LogP contribution in [-0.2, 0) is 9.53 Å². The van der Waals surface area contributed by atoms with E-state index in [1.807, 2.05) is 0 Å². The molecule has 1 aliphatic heterocycles. The van der Waals surface area contributed by atoms with Gasteiger partial charge in [-0.15, -0.1) is 0 Å². The lowest BCUT2D eigenvalue weighted by Crippen LogP contribution is -2.31. The number of carbonyl (C=O) groups excluding carboxylic acids is 1. The molecule has 0 radical (unpaired) electrons. The topological polar surface area (TPSA) is 26.3 Å². The van der Waals surface area contributed by atoms with Gasteiger partial charge in [0.25, 0.3) is 0 Å². The molecule has 5 aliphatic rings. The highest BCUT2D eigenvalue weighted by atomic mass is 16.5. The average Bonchev–Trinajstić information content (AvgIpc) is 3.21. The Labute approximate surface area is 120 Å². The van der Waals surface area contributed by atoms with Crippen molar-refractivity contribution >= 4 is 5.97 Å². The minimum atomic E-state index is 0.0289. The third-order valence-corrected chi connectivity index (χ3v) is 7.24. The Bertz CT molecular complexity index is 468. The second-order valence-electron chi connectivity index (χ2n) is 7.99. The molecule has 1 saturated heterocycles. The van der Waals surface area contributed by atoms with Gasteiger partial charge in [0.05, 0.1) is 0 Å². The number of cyclic esters (lactones) is 1. The second-order valence-corrected chi connectivity index (χ2v) is 7.99. The van der Waals surface area contributed by atoms with Crippen LogP contribution in [-0.4, -0.2) is 12.1 Å². The van der Waals surface area contributed by atoms with E-state index in [1.165, 1.54) is 25.7 Å². The minimum absolute atomic E-state index is 0.0289. The van der Waals surface area contributed by atoms with Crippen molar-refractivity contribution in [1.29, 1.82) is 0 Å². The molecular formula is C18H24O2. The molecule has 2 nitrogen and oxygen atoms in total. The van der Waals surface area contributed by atoms with Gasteiger partial charge in [-0.1, -0.05) is 12.2 Å². The van der Waals surface area contributed by atoms with E-state index in [-0.39, 0.29) is 12.1 Å². The lowest BCUT2D eigenvalue weighted by Gasteiger charge is -2.37. The maximum atomic E-state index is 11.2. The van der Waals surface area contributed by atoms with Crippen LogP contribution >= 0.6 is 0 Å². The molecule has 0 N–H and O–H groups in total. The number of hydrogen-bond donors (Lipinski definition) is 0. The van der Waals surface area contributed by atoms with Crippen LogP contribution in [0.25, 0.3) is 0 Å². The highest BCUT2D eigenvalue weighted by Crippen LogP contribution is 2.67. The van der Waals surface area contributed by atoms with Crippen LogP contribution in [0.5, 0.6) is 0 Å². The summed E-state index contributed by atoms with van der Waals surface area (Å²) in [5.41, 5.74) is 0. The average molecular weight is 272 g/mol. The van der Waals surface area contributed by atoms with Gasteiger partial charge in [0.1, 0.15) is 6.10 Å². The van der Waals surface area contributed by atoms with Gasteiger partial charge in [0, 0.05) is 6.42 Å². The summed E-state index contributed by atoms with van der Waals surface area (Å²) >= 11 is 0. The zero-order chi connectivity index (χ0) is 13.3. The van der Waals surface area contributed by atoms with Crippen molar-refractivity contribution in [1.82, 2.24) is 0 Å². The molecule has 0 aromatic carbocycles. The summed E-state index contributed by atoms with van der Waals surface area (Å²) in [4.78, 5) is 11.2. The number of hydrogen-bond acceptors (Lipinski definition) is 2. The molecule has 5 rings (SSSR count). The Morgan fingerprint density at radius 3 is 2.70 bits per heavy atom. The van der Waals surface area contributed by atoms with Crippen molar-refractivity contribution in [2.75, 3.05) is 0 Å². The van der Waals surface area contributed by atoms with E-state index in [0.29, 0.717) is 6.42 Å². The molecule has 4 bridgehead atoms. The molecule has 108 valence electrons. The summed E-state index contributed by atoms with van der Waals surface area (Å²) in [7, 11) is 0. The number of esters is 1. The summed E-state index contributed by atoms with van der Waals surface area (Å²) in [6.45, 7) is 0. The van der Waals surface area contributed by atoms with Gasteiger partial charge >= 0.3 is 5.97 Å². The van der Waals surface area contributed by atoms with Gasteiger partial charge in [-0.25, -0.2) is 0 Å². The lowest BCUT2D eigenvalue weighted by atomic mass is 9.68. The van der Waals surface area contributed by atoms with Crippen molar-refractivity contribution in [2.45, 2.75) is 51.0 Å². The lowest BCUT2D eigenvalue weighted by molar-refractivity contribution is -0.141. The van der Waals surface area contributed by atoms with Crippen LogP contribution in [0, 0.1) is 41.4 Å². The molecule has 0 spiro atoms. The highest BCUT2D eigenvalue weighted by molar-refractivity contribution is 5.71. The van der Waals surface area contributed by atoms with E-state index in [0.717, 1.165) is 54.3 Å². The summed E-state index contributed by atoms with van der Waals surface area (Å²) in [5.74, 6) is 6.94. The third-order valence-electron chi connectivity index (χ3n) is 7.24. The summed E-state index contributed by atoms with van der Waals surface area (Å²) in [5, 5.41) is 0. The number of carbonyl (C=O) groups is 1. The Kier molecular flexibility index (Phi) is 2.43. The number of fused-ring (bicyclic) bond motifs is 9. The molecule has 4 aliphatic carbocycles. The smallest absolute Gasteiger partial charge is 0.306 e. The van der Waals surface area contributed by atoms with Gasteiger partial charge in [-0.2, -0.15) is 0 Å². The molecule has 2 heteroatoms. The molecule has 0 amide bonds. The zero-order valence-electron chi connectivity index (χ0n) is 12.0. The first-order valence-electron chi connectivity index (χ1n) is 8.67. The third kappa shape index (κ3) is 1.54. The van der Waals surface area contributed by atoms with Gasteiger partial charge in [0.2, 0.25) is 0 Å². The van der Waals surface area contributed by atoms with Gasteiger partial charge < -0.3 is 4.74 Å². The van der Waals surface area contributed by atoms with Crippen molar-refractivity contribution in [3.05, 3.63) is 12.2 Å². The fourth-order valence-corrected chi connectivity index (χ4v) is 6.67. The van der Waals surface area contributed by atoms with Crippen molar-refractivity contribution in [2.24, 2.45) is 41.4 Å². The van der Waals surface area contributed by atoms with E-state index in [4.69, 9.17) is 4.74 Å². The van der Waals surface area contributed by atoms with E-state index >= 15 is 0 Å². The first-order chi connectivity index (χ1) is 9.79. The van der Waals surface area contributed by atoms with E-state index in [1.54, 1.807) is 0 Å². The first kappa shape index (κ1) is 11.8. The van der Waals surface area contributed by atoms with Crippen molar-refractivity contribution < 1.29 is 9.53 Å². The molecule has 8 unspecified atom stereocenters. The Hall–Kier alpha value is -0.790. The fourth-order valence-electron chi connectivity index (χ4n) is 6.67. The molecule has 1 heterocycles. The van der Waals surface area contributed by atoms with E-state index < -0.39 is 0 Å². The van der Waals surface area contributed by atoms with Gasteiger partial charge in [0.15, 0.2) is 0 Å². The summed E-state index contributed by atoms with van der Waals surface area (Å²) in [6.07, 6.45) is 13.8. The molecule has 3 saturated carbocycles. The highest BCUT2D eigenvalue weighted by Gasteiger charge is 2.60. The molecular weight excluding hydrogens is 248 g/mol. The number of allylic oxidation sites excluding steroid dienone is 2. The number of ether oxygens (including phenoxy) is 1. The molecule has 4 fully saturated rings. The van der Waals surface area contributed by atoms with Crippen LogP contribution in [0.15, 0.2) is 12.2 Å². The molecule has 0 aromatic rings. The molecule has 0 aromatic heterocycles. The van der Waals surface area contributed by atoms with Crippen molar-refractivity contribution in [3.63, 3.8) is 0 Å². The predicted molar refractivity (Wildman–Crippen MR) is 75.8 cm³/mol. The van der Waals surface area contributed by atoms with Crippen LogP contribution in [0.4, 0.5) is 0 Å². The second kappa shape index (κ2) is 4.11. The van der Waals surface area contributed by atoms with Gasteiger partial charge in [-0.3, -0.25) is 4.79 Å². The minimum Gasteiger partial charge on any atom is -0.462 e. The monoisotopic (exact) mass is 272 g/mol. The first-order valence-corrected chi connectivity index (χ1v) is 8.67. The number of rotatable bonds is 3. The quantitative estimate of drug-likeness (QED) is 0.446. The van der Waals surface area contributed by atoms with Gasteiger partial charge in [-0.05, 0) is 80.0 Å². The molecule has 8 atom stereocenters. The largest absolute Gasteiger partial charge is 0.462 e. The normalized spacial score (nSPS) is 54.7. The Balaban J connectivity index is 1.25. The van der Waals surface area contributed by atoms with E-state index in [2.05, 4.69) is 12.2 Å². The Morgan fingerprint density at radius 1 is 1.05 bits per heavy atom. The SMILES string of the molecule is O=C1CCC(CCC2CC3CC2C2C4C=CC(C4)C32)O1. The molecule has 20 heavy (non-hydrogen) atoms. The Morgan fingerprint density at radius 2 is 1.90 bits per heavy atom. The zero-order valence-corrected chi connectivity index (χ0v) is 12.0. The maximum absolute atomic E-state index is 11.2. The van der Waals surface area contributed by atoms with Crippen LogP contribution in [0.3, 0.4) is 0 Å². The fraction of sp³-hybridized carbons (Fsp3) is 0.833. The maximum Gasteiger partial charge on any atom is 0.306 e. The summed E-state index contributed by atoms with van der Waals surface area (Å²) < 4.78 is 5.39. The van der Waals surface area contributed by atoms with Crippen LogP contribution < -0.4 is 0 Å². The van der Waals surface area contributed by atoms with Crippen LogP contribution in [0.1, 0.15) is 44.9 Å². The standard InChI is InChI=1S/C18H24O2/c19-16-6-5-14(20-16)4-3-10-7-13-9-15(10)18-12-2-1-11(8-12)17(13)18/h1-2,10-15,17-18H,3-9H2. The summed E-state index contributed by atoms with van der Waals surface area (Å²) in [6, 6.07) is 0.